The second kappa shape index (κ2) is 12.0. The van der Waals surface area contributed by atoms with Crippen LogP contribution in [-0.2, 0) is 16.1 Å². The van der Waals surface area contributed by atoms with Gasteiger partial charge in [0.25, 0.3) is 5.91 Å². The van der Waals surface area contributed by atoms with Crippen molar-refractivity contribution in [3.63, 3.8) is 0 Å². The lowest BCUT2D eigenvalue weighted by Gasteiger charge is -2.33. The highest BCUT2D eigenvalue weighted by molar-refractivity contribution is 6.07. The summed E-state index contributed by atoms with van der Waals surface area (Å²) in [6.07, 6.45) is 6.90. The minimum Gasteiger partial charge on any atom is -0.385 e. The van der Waals surface area contributed by atoms with Crippen LogP contribution in [0.1, 0.15) is 56.3 Å². The number of para-hydroxylation sites is 1. The Kier molecular flexibility index (Phi) is 8.84. The van der Waals surface area contributed by atoms with E-state index in [1.54, 1.807) is 7.11 Å². The number of piperidine rings is 1. The first kappa shape index (κ1) is 25.7. The largest absolute Gasteiger partial charge is 0.385 e. The van der Waals surface area contributed by atoms with Gasteiger partial charge < -0.3 is 24.8 Å². The molecule has 1 saturated carbocycles. The van der Waals surface area contributed by atoms with Crippen molar-refractivity contribution in [2.75, 3.05) is 39.9 Å². The van der Waals surface area contributed by atoms with Crippen LogP contribution in [-0.4, -0.2) is 67.2 Å². The summed E-state index contributed by atoms with van der Waals surface area (Å²) in [5.41, 5.74) is 1.89. The summed E-state index contributed by atoms with van der Waals surface area (Å²) in [4.78, 5) is 28.7. The third-order valence-electron chi connectivity index (χ3n) is 7.30. The maximum Gasteiger partial charge on any atom is 0.256 e. The van der Waals surface area contributed by atoms with Crippen LogP contribution in [0.3, 0.4) is 0 Å². The molecule has 2 heterocycles. The molecular weight excluding hydrogens is 440 g/mol. The zero-order chi connectivity index (χ0) is 24.8. The molecule has 1 aromatic carbocycles. The molecule has 2 aliphatic rings. The van der Waals surface area contributed by atoms with E-state index in [9.17, 15) is 9.59 Å². The van der Waals surface area contributed by atoms with E-state index in [0.29, 0.717) is 25.1 Å². The smallest absolute Gasteiger partial charge is 0.256 e. The molecule has 1 saturated heterocycles. The lowest BCUT2D eigenvalue weighted by atomic mass is 9.89. The number of fused-ring (bicyclic) bond motifs is 1. The third-order valence-corrected chi connectivity index (χ3v) is 7.30. The maximum atomic E-state index is 13.9. The van der Waals surface area contributed by atoms with Gasteiger partial charge in [-0.2, -0.15) is 0 Å². The lowest BCUT2D eigenvalue weighted by molar-refractivity contribution is -0.126. The van der Waals surface area contributed by atoms with Crippen LogP contribution >= 0.6 is 0 Å². The Morgan fingerprint density at radius 3 is 2.77 bits per heavy atom. The van der Waals surface area contributed by atoms with Crippen molar-refractivity contribution in [2.45, 2.75) is 58.5 Å². The Balaban J connectivity index is 1.44. The van der Waals surface area contributed by atoms with Gasteiger partial charge in [-0.1, -0.05) is 32.0 Å². The highest BCUT2D eigenvalue weighted by Gasteiger charge is 2.37. The molecule has 0 bridgehead atoms. The molecule has 7 heteroatoms. The Hall–Kier alpha value is -2.38. The minimum absolute atomic E-state index is 0.0280. The number of benzene rings is 1. The molecule has 0 spiro atoms. The first-order chi connectivity index (χ1) is 17.0. The number of ether oxygens (including phenoxy) is 1. The number of aryl methyl sites for hydroxylation is 1. The summed E-state index contributed by atoms with van der Waals surface area (Å²) in [6, 6.07) is 8.50. The summed E-state index contributed by atoms with van der Waals surface area (Å²) in [5, 5.41) is 7.59. The normalized spacial score (nSPS) is 20.3. The molecule has 7 nitrogen and oxygen atoms in total. The highest BCUT2D eigenvalue weighted by atomic mass is 16.5. The summed E-state index contributed by atoms with van der Waals surface area (Å²) in [7, 11) is 1.72. The molecule has 2 atom stereocenters. The quantitative estimate of drug-likeness (QED) is 0.453. The fraction of sp³-hybridized carbons (Fsp3) is 0.643. The van der Waals surface area contributed by atoms with Crippen LogP contribution < -0.4 is 10.6 Å². The van der Waals surface area contributed by atoms with Crippen molar-refractivity contribution < 1.29 is 14.3 Å². The van der Waals surface area contributed by atoms with Gasteiger partial charge in [0.05, 0.1) is 11.5 Å². The van der Waals surface area contributed by atoms with E-state index < -0.39 is 0 Å². The number of carbonyl (C=O) groups is 2. The number of nitrogens with zero attached hydrogens (tertiary/aromatic N) is 2. The number of rotatable bonds is 12. The summed E-state index contributed by atoms with van der Waals surface area (Å²) < 4.78 is 7.41. The average Bonchev–Trinajstić information content (AvgIpc) is 3.63. The van der Waals surface area contributed by atoms with Crippen LogP contribution in [0.2, 0.25) is 0 Å². The second-order valence-corrected chi connectivity index (χ2v) is 10.7. The number of amides is 2. The number of nitrogens with one attached hydrogen (secondary N) is 2. The van der Waals surface area contributed by atoms with E-state index in [2.05, 4.69) is 46.1 Å². The second-order valence-electron chi connectivity index (χ2n) is 10.7. The number of aromatic nitrogens is 1. The van der Waals surface area contributed by atoms with E-state index in [1.165, 1.54) is 0 Å². The zero-order valence-electron chi connectivity index (χ0n) is 21.6. The van der Waals surface area contributed by atoms with Gasteiger partial charge in [0.1, 0.15) is 0 Å². The van der Waals surface area contributed by atoms with E-state index in [0.717, 1.165) is 74.7 Å². The van der Waals surface area contributed by atoms with Gasteiger partial charge >= 0.3 is 0 Å². The van der Waals surface area contributed by atoms with Crippen molar-refractivity contribution in [3.8, 4) is 0 Å². The highest BCUT2D eigenvalue weighted by Crippen LogP contribution is 2.32. The Labute approximate surface area is 209 Å². The Morgan fingerprint density at radius 1 is 1.23 bits per heavy atom. The standard InChI is InChI=1S/C28H42N4O3/c1-20(2)11-12-30-27(33)22-15-21(16-29-17-22)18-32(23-9-10-23)28(34)25-19-31(13-6-14-35-3)26-8-5-4-7-24(25)26/h4-5,7-8,19-23,29H,6,9-18H2,1-3H3,(H,30,33)/t21-,22+/m1/s1. The van der Waals surface area contributed by atoms with E-state index >= 15 is 0 Å². The molecule has 4 rings (SSSR count). The molecule has 0 unspecified atom stereocenters. The number of hydrogen-bond donors (Lipinski definition) is 2. The minimum atomic E-state index is -0.0280. The van der Waals surface area contributed by atoms with Gasteiger partial charge in [0.2, 0.25) is 5.91 Å². The fourth-order valence-corrected chi connectivity index (χ4v) is 5.20. The zero-order valence-corrected chi connectivity index (χ0v) is 21.6. The molecule has 2 N–H and O–H groups in total. The predicted octanol–water partition coefficient (Wildman–Crippen LogP) is 3.67. The molecule has 0 radical (unpaired) electrons. The van der Waals surface area contributed by atoms with Crippen molar-refractivity contribution in [1.29, 1.82) is 0 Å². The predicted molar refractivity (Wildman–Crippen MR) is 139 cm³/mol. The van der Waals surface area contributed by atoms with Gasteiger partial charge in [0.15, 0.2) is 0 Å². The van der Waals surface area contributed by atoms with Crippen molar-refractivity contribution in [1.82, 2.24) is 20.1 Å². The summed E-state index contributed by atoms with van der Waals surface area (Å²) in [6.45, 7) is 8.88. The Morgan fingerprint density at radius 2 is 2.03 bits per heavy atom. The van der Waals surface area contributed by atoms with E-state index in [4.69, 9.17) is 4.74 Å². The average molecular weight is 483 g/mol. The molecule has 192 valence electrons. The van der Waals surface area contributed by atoms with Crippen molar-refractivity contribution in [3.05, 3.63) is 36.0 Å². The van der Waals surface area contributed by atoms with Crippen LogP contribution in [0, 0.1) is 17.8 Å². The van der Waals surface area contributed by atoms with Crippen molar-refractivity contribution in [2.24, 2.45) is 17.8 Å². The molecule has 2 fully saturated rings. The fourth-order valence-electron chi connectivity index (χ4n) is 5.20. The third kappa shape index (κ3) is 6.64. The summed E-state index contributed by atoms with van der Waals surface area (Å²) >= 11 is 0. The number of hydrogen-bond acceptors (Lipinski definition) is 4. The molecule has 1 aromatic heterocycles. The van der Waals surface area contributed by atoms with Crippen LogP contribution in [0.4, 0.5) is 0 Å². The van der Waals surface area contributed by atoms with Gasteiger partial charge in [-0.25, -0.2) is 0 Å². The van der Waals surface area contributed by atoms with E-state index in [1.807, 2.05) is 18.3 Å². The van der Waals surface area contributed by atoms with Gasteiger partial charge in [-0.15, -0.1) is 0 Å². The molecular formula is C28H42N4O3. The maximum absolute atomic E-state index is 13.9. The molecule has 35 heavy (non-hydrogen) atoms. The number of carbonyl (C=O) groups excluding carboxylic acids is 2. The Bertz CT molecular complexity index is 997. The molecule has 1 aliphatic carbocycles. The molecule has 2 amide bonds. The SMILES string of the molecule is COCCCn1cc(C(=O)N(C[C@H]2CNC[C@@H](C(=O)NCCC(C)C)C2)C2CC2)c2ccccc21. The topological polar surface area (TPSA) is 75.6 Å². The number of methoxy groups -OCH3 is 1. The van der Waals surface area contributed by atoms with Crippen LogP contribution in [0.5, 0.6) is 0 Å². The van der Waals surface area contributed by atoms with Gasteiger partial charge in [0, 0.05) is 63.0 Å². The lowest BCUT2D eigenvalue weighted by Crippen LogP contribution is -2.48. The van der Waals surface area contributed by atoms with Crippen LogP contribution in [0.15, 0.2) is 30.5 Å². The molecule has 2 aromatic rings. The van der Waals surface area contributed by atoms with Crippen LogP contribution in [0.25, 0.3) is 10.9 Å². The van der Waals surface area contributed by atoms with Gasteiger partial charge in [-0.3, -0.25) is 9.59 Å². The first-order valence-corrected chi connectivity index (χ1v) is 13.3. The van der Waals surface area contributed by atoms with Gasteiger partial charge in [-0.05, 0) is 56.6 Å². The van der Waals surface area contributed by atoms with E-state index in [-0.39, 0.29) is 23.7 Å². The van der Waals surface area contributed by atoms with Crippen molar-refractivity contribution >= 4 is 22.7 Å². The molecule has 1 aliphatic heterocycles. The monoisotopic (exact) mass is 482 g/mol. The summed E-state index contributed by atoms with van der Waals surface area (Å²) in [5.74, 6) is 1.10. The first-order valence-electron chi connectivity index (χ1n) is 13.3.